The third-order valence-corrected chi connectivity index (χ3v) is 3.71. The fourth-order valence-electron chi connectivity index (χ4n) is 2.82. The largest absolute Gasteiger partial charge is 0.469 e. The summed E-state index contributed by atoms with van der Waals surface area (Å²) in [6.07, 6.45) is 1.51. The van der Waals surface area contributed by atoms with Gasteiger partial charge in [0.1, 0.15) is 11.7 Å². The van der Waals surface area contributed by atoms with Gasteiger partial charge in [-0.2, -0.15) is 0 Å². The highest BCUT2D eigenvalue weighted by molar-refractivity contribution is 6.06. The van der Waals surface area contributed by atoms with Gasteiger partial charge in [-0.15, -0.1) is 0 Å². The number of nitrogens with zero attached hydrogens (tertiary/aromatic N) is 1. The van der Waals surface area contributed by atoms with Crippen molar-refractivity contribution in [2.45, 2.75) is 33.6 Å². The van der Waals surface area contributed by atoms with E-state index in [4.69, 9.17) is 13.9 Å². The molecule has 1 aliphatic heterocycles. The van der Waals surface area contributed by atoms with Gasteiger partial charge in [-0.05, 0) is 39.8 Å². The lowest BCUT2D eigenvalue weighted by molar-refractivity contribution is -0.146. The Hall–Kier alpha value is -2.37. The molecule has 23 heavy (non-hydrogen) atoms. The van der Waals surface area contributed by atoms with Crippen molar-refractivity contribution in [1.29, 1.82) is 0 Å². The van der Waals surface area contributed by atoms with Crippen LogP contribution in [-0.2, 0) is 19.1 Å². The first-order valence-corrected chi connectivity index (χ1v) is 7.64. The quantitative estimate of drug-likeness (QED) is 0.780. The minimum atomic E-state index is -0.704. The van der Waals surface area contributed by atoms with E-state index in [-0.39, 0.29) is 13.2 Å². The number of esters is 2. The van der Waals surface area contributed by atoms with Crippen molar-refractivity contribution in [3.05, 3.63) is 35.4 Å². The van der Waals surface area contributed by atoms with Crippen LogP contribution in [0.15, 0.2) is 39.1 Å². The van der Waals surface area contributed by atoms with Gasteiger partial charge in [-0.1, -0.05) is 0 Å². The van der Waals surface area contributed by atoms with Crippen LogP contribution in [0.5, 0.6) is 0 Å². The van der Waals surface area contributed by atoms with Crippen LogP contribution in [0.3, 0.4) is 0 Å². The molecule has 1 aromatic rings. The molecule has 0 spiro atoms. The molecule has 2 rings (SSSR count). The molecule has 0 aliphatic carbocycles. The number of furan rings is 1. The molecular formula is C17H21NO5. The van der Waals surface area contributed by atoms with Crippen molar-refractivity contribution in [3.63, 3.8) is 0 Å². The monoisotopic (exact) mass is 319 g/mol. The summed E-state index contributed by atoms with van der Waals surface area (Å²) in [7, 11) is 0. The number of carbonyl (C=O) groups is 2. The summed E-state index contributed by atoms with van der Waals surface area (Å²) in [4.78, 5) is 29.2. The summed E-state index contributed by atoms with van der Waals surface area (Å²) >= 11 is 0. The first-order chi connectivity index (χ1) is 11.0. The summed E-state index contributed by atoms with van der Waals surface area (Å²) in [5, 5.41) is 0. The molecule has 2 unspecified atom stereocenters. The Balaban J connectivity index is 2.54. The summed E-state index contributed by atoms with van der Waals surface area (Å²) in [5.74, 6) is -1.70. The topological polar surface area (TPSA) is 78.1 Å². The number of rotatable bonds is 5. The molecule has 0 radical (unpaired) electrons. The lowest BCUT2D eigenvalue weighted by Crippen LogP contribution is -2.36. The maximum atomic E-state index is 12.4. The van der Waals surface area contributed by atoms with E-state index in [9.17, 15) is 9.59 Å². The van der Waals surface area contributed by atoms with E-state index >= 15 is 0 Å². The molecule has 2 atom stereocenters. The Morgan fingerprint density at radius 1 is 1.22 bits per heavy atom. The number of allylic oxidation sites excluding steroid dienone is 1. The van der Waals surface area contributed by atoms with E-state index in [0.717, 1.165) is 0 Å². The van der Waals surface area contributed by atoms with E-state index in [2.05, 4.69) is 4.99 Å². The maximum Gasteiger partial charge on any atom is 0.336 e. The Morgan fingerprint density at radius 3 is 2.48 bits per heavy atom. The fourth-order valence-corrected chi connectivity index (χ4v) is 2.82. The summed E-state index contributed by atoms with van der Waals surface area (Å²) < 4.78 is 15.8. The van der Waals surface area contributed by atoms with Gasteiger partial charge in [0.2, 0.25) is 0 Å². The van der Waals surface area contributed by atoms with Gasteiger partial charge in [0.05, 0.1) is 31.0 Å². The van der Waals surface area contributed by atoms with Crippen molar-refractivity contribution in [2.75, 3.05) is 13.2 Å². The number of hydrogen-bond acceptors (Lipinski definition) is 6. The minimum absolute atomic E-state index is 0.243. The predicted molar refractivity (Wildman–Crippen MR) is 84.0 cm³/mol. The van der Waals surface area contributed by atoms with Crippen molar-refractivity contribution >= 4 is 17.7 Å². The smallest absolute Gasteiger partial charge is 0.336 e. The van der Waals surface area contributed by atoms with Crippen molar-refractivity contribution in [3.8, 4) is 0 Å². The zero-order valence-electron chi connectivity index (χ0n) is 13.8. The van der Waals surface area contributed by atoms with E-state index < -0.39 is 23.8 Å². The molecule has 1 aliphatic rings. The van der Waals surface area contributed by atoms with Crippen molar-refractivity contribution in [2.24, 2.45) is 10.9 Å². The zero-order chi connectivity index (χ0) is 17.0. The molecule has 0 fully saturated rings. The lowest BCUT2D eigenvalue weighted by atomic mass is 9.78. The van der Waals surface area contributed by atoms with Crippen LogP contribution in [0.25, 0.3) is 0 Å². The molecule has 1 aromatic heterocycles. The lowest BCUT2D eigenvalue weighted by Gasteiger charge is -2.29. The van der Waals surface area contributed by atoms with E-state index in [1.165, 1.54) is 6.26 Å². The molecule has 124 valence electrons. The van der Waals surface area contributed by atoms with Gasteiger partial charge in [0.25, 0.3) is 0 Å². The molecule has 0 saturated heterocycles. The molecule has 0 saturated carbocycles. The summed E-state index contributed by atoms with van der Waals surface area (Å²) in [6, 6.07) is 3.46. The van der Waals surface area contributed by atoms with Gasteiger partial charge >= 0.3 is 11.9 Å². The molecule has 6 heteroatoms. The van der Waals surface area contributed by atoms with Crippen molar-refractivity contribution < 1.29 is 23.5 Å². The van der Waals surface area contributed by atoms with Crippen LogP contribution in [0, 0.1) is 5.92 Å². The fraction of sp³-hybridized carbons (Fsp3) is 0.471. The van der Waals surface area contributed by atoms with Gasteiger partial charge in [0.15, 0.2) is 0 Å². The molecule has 0 aromatic carbocycles. The second kappa shape index (κ2) is 7.26. The van der Waals surface area contributed by atoms with Gasteiger partial charge in [-0.3, -0.25) is 9.79 Å². The SMILES string of the molecule is CCOC(=O)C1=C(C)N=C(C)C(C(=O)OCC)C1c1ccco1. The van der Waals surface area contributed by atoms with Crippen LogP contribution < -0.4 is 0 Å². The van der Waals surface area contributed by atoms with Crippen LogP contribution in [0.4, 0.5) is 0 Å². The van der Waals surface area contributed by atoms with Gasteiger partial charge in [-0.25, -0.2) is 4.79 Å². The second-order valence-electron chi connectivity index (χ2n) is 5.20. The highest BCUT2D eigenvalue weighted by Gasteiger charge is 2.43. The average Bonchev–Trinajstić information content (AvgIpc) is 3.00. The number of hydrogen-bond donors (Lipinski definition) is 0. The van der Waals surface area contributed by atoms with E-state index in [0.29, 0.717) is 22.7 Å². The summed E-state index contributed by atoms with van der Waals surface area (Å²) in [6.45, 7) is 7.45. The Labute approximate surface area is 135 Å². The van der Waals surface area contributed by atoms with E-state index in [1.54, 1.807) is 39.8 Å². The molecule has 0 bridgehead atoms. The highest BCUT2D eigenvalue weighted by atomic mass is 16.5. The minimum Gasteiger partial charge on any atom is -0.469 e. The molecule has 6 nitrogen and oxygen atoms in total. The van der Waals surface area contributed by atoms with Crippen LogP contribution in [0.2, 0.25) is 0 Å². The average molecular weight is 319 g/mol. The summed E-state index contributed by atoms with van der Waals surface area (Å²) in [5.41, 5.74) is 1.46. The Bertz CT molecular complexity index is 642. The van der Waals surface area contributed by atoms with Crippen LogP contribution in [-0.4, -0.2) is 30.9 Å². The standard InChI is InChI=1S/C17H21NO5/c1-5-21-16(19)13-10(3)18-11(4)14(17(20)22-6-2)15(13)12-8-7-9-23-12/h7-9,13,15H,5-6H2,1-4H3. The molecule has 0 amide bonds. The first-order valence-electron chi connectivity index (χ1n) is 7.64. The number of ether oxygens (including phenoxy) is 2. The molecule has 0 N–H and O–H groups in total. The highest BCUT2D eigenvalue weighted by Crippen LogP contribution is 2.40. The predicted octanol–water partition coefficient (Wildman–Crippen LogP) is 2.85. The van der Waals surface area contributed by atoms with Crippen LogP contribution >= 0.6 is 0 Å². The number of carbonyl (C=O) groups excluding carboxylic acids is 2. The van der Waals surface area contributed by atoms with Gasteiger partial charge in [0, 0.05) is 11.4 Å². The first kappa shape index (κ1) is 17.0. The zero-order valence-corrected chi connectivity index (χ0v) is 13.8. The van der Waals surface area contributed by atoms with Crippen LogP contribution in [0.1, 0.15) is 39.4 Å². The van der Waals surface area contributed by atoms with Gasteiger partial charge < -0.3 is 13.9 Å². The third kappa shape index (κ3) is 3.36. The number of aliphatic imine (C=N–C) groups is 1. The Kier molecular flexibility index (Phi) is 5.36. The molecule has 2 heterocycles. The Morgan fingerprint density at radius 2 is 1.91 bits per heavy atom. The third-order valence-electron chi connectivity index (χ3n) is 3.71. The molecular weight excluding hydrogens is 298 g/mol. The van der Waals surface area contributed by atoms with Crippen molar-refractivity contribution in [1.82, 2.24) is 0 Å². The second-order valence-corrected chi connectivity index (χ2v) is 5.20. The maximum absolute atomic E-state index is 12.4. The van der Waals surface area contributed by atoms with E-state index in [1.807, 2.05) is 0 Å². The normalized spacial score (nSPS) is 21.0.